The van der Waals surface area contributed by atoms with E-state index in [9.17, 15) is 4.57 Å². The first-order valence-corrected chi connectivity index (χ1v) is 8.54. The molecule has 20 heavy (non-hydrogen) atoms. The van der Waals surface area contributed by atoms with Crippen molar-refractivity contribution in [2.24, 2.45) is 0 Å². The van der Waals surface area contributed by atoms with Crippen LogP contribution in [0.2, 0.25) is 0 Å². The van der Waals surface area contributed by atoms with Crippen LogP contribution in [0.1, 0.15) is 51.3 Å². The molecule has 1 aliphatic heterocycles. The molecule has 3 nitrogen and oxygen atoms in total. The summed E-state index contributed by atoms with van der Waals surface area (Å²) in [6, 6.07) is 6.02. The maximum absolute atomic E-state index is 12.9. The van der Waals surface area contributed by atoms with Crippen LogP contribution in [0.25, 0.3) is 6.08 Å². The topological polar surface area (TPSA) is 35.5 Å². The van der Waals surface area contributed by atoms with E-state index in [1.54, 1.807) is 6.08 Å². The van der Waals surface area contributed by atoms with Crippen molar-refractivity contribution in [3.63, 3.8) is 0 Å². The molecule has 0 fully saturated rings. The highest BCUT2D eigenvalue weighted by Gasteiger charge is 2.43. The van der Waals surface area contributed by atoms with Gasteiger partial charge in [-0.15, -0.1) is 0 Å². The van der Waals surface area contributed by atoms with Crippen LogP contribution in [0.5, 0.6) is 0 Å². The molecule has 1 atom stereocenters. The van der Waals surface area contributed by atoms with Gasteiger partial charge < -0.3 is 4.52 Å². The van der Waals surface area contributed by atoms with Gasteiger partial charge in [0, 0.05) is 0 Å². The van der Waals surface area contributed by atoms with E-state index in [-0.39, 0.29) is 0 Å². The first-order valence-electron chi connectivity index (χ1n) is 6.81. The maximum atomic E-state index is 12.9. The van der Waals surface area contributed by atoms with Gasteiger partial charge in [-0.3, -0.25) is 9.09 Å². The standard InChI is InChI=1S/C16H23O3P/c1-7-12-8-9-13-11-20(17,18-15(2,3)4)19-16(5,6)14(13)10-12/h7-10H,1,11H2,2-6H3. The van der Waals surface area contributed by atoms with Crippen molar-refractivity contribution in [1.29, 1.82) is 0 Å². The van der Waals surface area contributed by atoms with Crippen LogP contribution in [0, 0.1) is 0 Å². The van der Waals surface area contributed by atoms with Gasteiger partial charge in [0.15, 0.2) is 0 Å². The fourth-order valence-corrected chi connectivity index (χ4v) is 5.01. The first kappa shape index (κ1) is 15.5. The Morgan fingerprint density at radius 1 is 1.40 bits per heavy atom. The quantitative estimate of drug-likeness (QED) is 0.712. The molecule has 0 N–H and O–H groups in total. The predicted molar refractivity (Wildman–Crippen MR) is 82.8 cm³/mol. The number of fused-ring (bicyclic) bond motifs is 1. The van der Waals surface area contributed by atoms with Gasteiger partial charge in [0.1, 0.15) is 0 Å². The van der Waals surface area contributed by atoms with Gasteiger partial charge in [-0.2, -0.15) is 0 Å². The molecule has 0 amide bonds. The van der Waals surface area contributed by atoms with Gasteiger partial charge in [-0.1, -0.05) is 24.8 Å². The minimum atomic E-state index is -3.14. The molecule has 1 aromatic rings. The van der Waals surface area contributed by atoms with E-state index in [4.69, 9.17) is 9.05 Å². The fraction of sp³-hybridized carbons (Fsp3) is 0.500. The van der Waals surface area contributed by atoms with Crippen LogP contribution in [0.15, 0.2) is 24.8 Å². The summed E-state index contributed by atoms with van der Waals surface area (Å²) in [5.41, 5.74) is 1.99. The van der Waals surface area contributed by atoms with Crippen molar-refractivity contribution in [3.8, 4) is 0 Å². The minimum absolute atomic E-state index is 0.320. The zero-order chi connectivity index (χ0) is 15.2. The Morgan fingerprint density at radius 3 is 2.60 bits per heavy atom. The molecule has 2 rings (SSSR count). The van der Waals surface area contributed by atoms with Crippen molar-refractivity contribution in [3.05, 3.63) is 41.5 Å². The Kier molecular flexibility index (Phi) is 3.75. The molecule has 0 radical (unpaired) electrons. The second kappa shape index (κ2) is 4.84. The smallest absolute Gasteiger partial charge is 0.303 e. The third kappa shape index (κ3) is 3.22. The van der Waals surface area contributed by atoms with E-state index in [0.29, 0.717) is 6.16 Å². The summed E-state index contributed by atoms with van der Waals surface area (Å²) in [6.07, 6.45) is 2.12. The Bertz CT molecular complexity index is 582. The number of benzene rings is 1. The summed E-state index contributed by atoms with van der Waals surface area (Å²) in [5.74, 6) is 0. The first-order chi connectivity index (χ1) is 9.05. The molecule has 0 aromatic heterocycles. The zero-order valence-electron chi connectivity index (χ0n) is 12.9. The van der Waals surface area contributed by atoms with Crippen LogP contribution >= 0.6 is 7.60 Å². The molecule has 1 aromatic carbocycles. The molecule has 1 unspecified atom stereocenters. The number of rotatable bonds is 2. The lowest BCUT2D eigenvalue weighted by Crippen LogP contribution is -2.30. The highest BCUT2D eigenvalue weighted by molar-refractivity contribution is 7.53. The molecule has 110 valence electrons. The van der Waals surface area contributed by atoms with E-state index in [0.717, 1.165) is 16.7 Å². The van der Waals surface area contributed by atoms with Crippen molar-refractivity contribution in [1.82, 2.24) is 0 Å². The SMILES string of the molecule is C=Cc1ccc2c(c1)C(C)(C)OP(=O)(OC(C)(C)C)C2. The van der Waals surface area contributed by atoms with Crippen LogP contribution in [-0.2, 0) is 25.4 Å². The van der Waals surface area contributed by atoms with Gasteiger partial charge in [-0.05, 0) is 57.4 Å². The maximum Gasteiger partial charge on any atom is 0.336 e. The predicted octanol–water partition coefficient (Wildman–Crippen LogP) is 5.10. The van der Waals surface area contributed by atoms with E-state index >= 15 is 0 Å². The number of hydrogen-bond donors (Lipinski definition) is 0. The molecular formula is C16H23O3P. The van der Waals surface area contributed by atoms with E-state index in [1.807, 2.05) is 52.8 Å². The lowest BCUT2D eigenvalue weighted by atomic mass is 9.92. The minimum Gasteiger partial charge on any atom is -0.303 e. The van der Waals surface area contributed by atoms with Crippen LogP contribution in [-0.4, -0.2) is 5.60 Å². The van der Waals surface area contributed by atoms with Gasteiger partial charge in [0.05, 0.1) is 17.4 Å². The second-order valence-electron chi connectivity index (χ2n) is 6.69. The van der Waals surface area contributed by atoms with Crippen molar-refractivity contribution in [2.45, 2.75) is 52.0 Å². The largest absolute Gasteiger partial charge is 0.336 e. The third-order valence-electron chi connectivity index (χ3n) is 3.16. The van der Waals surface area contributed by atoms with Gasteiger partial charge in [0.2, 0.25) is 0 Å². The Hall–Kier alpha value is -0.890. The van der Waals surface area contributed by atoms with Crippen LogP contribution in [0.3, 0.4) is 0 Å². The number of hydrogen-bond acceptors (Lipinski definition) is 3. The second-order valence-corrected chi connectivity index (χ2v) is 8.60. The molecule has 0 bridgehead atoms. The molecule has 1 aliphatic rings. The summed E-state index contributed by atoms with van der Waals surface area (Å²) >= 11 is 0. The Balaban J connectivity index is 2.45. The molecule has 1 heterocycles. The summed E-state index contributed by atoms with van der Waals surface area (Å²) < 4.78 is 24.5. The normalized spacial score (nSPS) is 25.1. The summed E-state index contributed by atoms with van der Waals surface area (Å²) in [6.45, 7) is 13.3. The van der Waals surface area contributed by atoms with Crippen LogP contribution < -0.4 is 0 Å². The lowest BCUT2D eigenvalue weighted by molar-refractivity contribution is 0.0316. The molecule has 0 aliphatic carbocycles. The molecule has 4 heteroatoms. The van der Waals surface area contributed by atoms with Crippen molar-refractivity contribution in [2.75, 3.05) is 0 Å². The summed E-state index contributed by atoms with van der Waals surface area (Å²) in [7, 11) is -3.14. The zero-order valence-corrected chi connectivity index (χ0v) is 13.8. The average molecular weight is 294 g/mol. The third-order valence-corrected chi connectivity index (χ3v) is 5.45. The highest BCUT2D eigenvalue weighted by Crippen LogP contribution is 2.62. The highest BCUT2D eigenvalue weighted by atomic mass is 31.2. The fourth-order valence-electron chi connectivity index (χ4n) is 2.53. The monoisotopic (exact) mass is 294 g/mol. The molecule has 0 spiro atoms. The van der Waals surface area contributed by atoms with Gasteiger partial charge in [-0.25, -0.2) is 0 Å². The van der Waals surface area contributed by atoms with Crippen LogP contribution in [0.4, 0.5) is 0 Å². The average Bonchev–Trinajstić information content (AvgIpc) is 2.24. The van der Waals surface area contributed by atoms with Gasteiger partial charge >= 0.3 is 7.60 Å². The summed E-state index contributed by atoms with van der Waals surface area (Å²) in [5, 5.41) is 0. The van der Waals surface area contributed by atoms with Crippen molar-refractivity contribution < 1.29 is 13.6 Å². The van der Waals surface area contributed by atoms with E-state index in [2.05, 4.69) is 6.58 Å². The van der Waals surface area contributed by atoms with E-state index in [1.165, 1.54) is 0 Å². The van der Waals surface area contributed by atoms with E-state index < -0.39 is 18.8 Å². The lowest BCUT2D eigenvalue weighted by Gasteiger charge is -2.39. The van der Waals surface area contributed by atoms with Gasteiger partial charge in [0.25, 0.3) is 0 Å². The van der Waals surface area contributed by atoms with Crippen molar-refractivity contribution >= 4 is 13.7 Å². The molecular weight excluding hydrogens is 271 g/mol. The Morgan fingerprint density at radius 2 is 2.05 bits per heavy atom. The molecule has 0 saturated heterocycles. The summed E-state index contributed by atoms with van der Waals surface area (Å²) in [4.78, 5) is 0. The molecule has 0 saturated carbocycles. The Labute approximate surface area is 121 Å².